The molecule has 106 valence electrons. The minimum Gasteiger partial charge on any atom is -0.472 e. The Morgan fingerprint density at radius 1 is 1.37 bits per heavy atom. The van der Waals surface area contributed by atoms with Crippen molar-refractivity contribution in [3.05, 3.63) is 17.7 Å². The summed E-state index contributed by atoms with van der Waals surface area (Å²) < 4.78 is 32.5. The number of nitrogens with one attached hydrogen (secondary N) is 1. The van der Waals surface area contributed by atoms with Crippen LogP contribution in [0.5, 0.6) is 5.88 Å². The van der Waals surface area contributed by atoms with Crippen molar-refractivity contribution in [1.29, 1.82) is 0 Å². The zero-order chi connectivity index (χ0) is 13.8. The van der Waals surface area contributed by atoms with Gasteiger partial charge in [-0.2, -0.15) is 4.98 Å². The summed E-state index contributed by atoms with van der Waals surface area (Å²) in [6.07, 6.45) is 5.11. The van der Waals surface area contributed by atoms with E-state index in [0.717, 1.165) is 31.7 Å². The van der Waals surface area contributed by atoms with Crippen LogP contribution in [0.15, 0.2) is 6.07 Å². The molecule has 1 aromatic heterocycles. The first-order chi connectivity index (χ1) is 9.15. The van der Waals surface area contributed by atoms with Crippen LogP contribution in [0, 0.1) is 17.6 Å². The summed E-state index contributed by atoms with van der Waals surface area (Å²) in [5.41, 5.74) is 2.09. The molecule has 0 aliphatic heterocycles. The highest BCUT2D eigenvalue weighted by atomic mass is 19.1. The lowest BCUT2D eigenvalue weighted by atomic mass is 9.85. The summed E-state index contributed by atoms with van der Waals surface area (Å²) in [6, 6.07) is 0.737. The molecule has 0 spiro atoms. The lowest BCUT2D eigenvalue weighted by molar-refractivity contribution is 0.0813. The molecule has 1 heterocycles. The van der Waals surface area contributed by atoms with Crippen molar-refractivity contribution in [2.24, 2.45) is 11.8 Å². The van der Waals surface area contributed by atoms with Gasteiger partial charge in [0.05, 0.1) is 0 Å². The first-order valence-corrected chi connectivity index (χ1v) is 6.65. The van der Waals surface area contributed by atoms with Gasteiger partial charge in [0.25, 0.3) is 5.88 Å². The first kappa shape index (κ1) is 14.0. The number of nitrogens with zero attached hydrogens (tertiary/aromatic N) is 1. The maximum atomic E-state index is 13.7. The zero-order valence-electron chi connectivity index (χ0n) is 11.0. The van der Waals surface area contributed by atoms with Crippen LogP contribution in [0.1, 0.15) is 39.0 Å². The molecule has 2 atom stereocenters. The van der Waals surface area contributed by atoms with E-state index in [2.05, 4.69) is 17.3 Å². The summed E-state index contributed by atoms with van der Waals surface area (Å²) >= 11 is 0. The van der Waals surface area contributed by atoms with E-state index >= 15 is 0 Å². The molecule has 1 fully saturated rings. The number of halogens is 2. The monoisotopic (exact) mass is 271 g/mol. The molecule has 0 aromatic carbocycles. The van der Waals surface area contributed by atoms with E-state index in [1.165, 1.54) is 6.42 Å². The van der Waals surface area contributed by atoms with Crippen molar-refractivity contribution in [3.63, 3.8) is 0 Å². The number of hydrogen-bond acceptors (Lipinski definition) is 4. The summed E-state index contributed by atoms with van der Waals surface area (Å²) in [7, 11) is 0. The second-order valence-electron chi connectivity index (χ2n) is 4.86. The van der Waals surface area contributed by atoms with E-state index in [9.17, 15) is 8.78 Å². The van der Waals surface area contributed by atoms with Gasteiger partial charge in [-0.05, 0) is 31.6 Å². The highest BCUT2D eigenvalue weighted by Crippen LogP contribution is 2.31. The van der Waals surface area contributed by atoms with Crippen molar-refractivity contribution in [3.8, 4) is 5.88 Å². The fourth-order valence-corrected chi connectivity index (χ4v) is 2.57. The Morgan fingerprint density at radius 2 is 2.11 bits per heavy atom. The van der Waals surface area contributed by atoms with E-state index in [1.54, 1.807) is 0 Å². The number of nitrogen functional groups attached to an aromatic ring is 1. The largest absolute Gasteiger partial charge is 0.472 e. The van der Waals surface area contributed by atoms with Crippen LogP contribution in [0.25, 0.3) is 0 Å². The lowest BCUT2D eigenvalue weighted by Crippen LogP contribution is -2.30. The number of pyridine rings is 1. The van der Waals surface area contributed by atoms with Crippen molar-refractivity contribution < 1.29 is 13.5 Å². The summed E-state index contributed by atoms with van der Waals surface area (Å²) in [5, 5.41) is 0. The zero-order valence-corrected chi connectivity index (χ0v) is 11.0. The predicted octanol–water partition coefficient (Wildman–Crippen LogP) is 2.99. The average molecular weight is 271 g/mol. The van der Waals surface area contributed by atoms with Crippen molar-refractivity contribution in [2.75, 3.05) is 5.43 Å². The fraction of sp³-hybridized carbons (Fsp3) is 0.615. The maximum Gasteiger partial charge on any atom is 0.252 e. The molecule has 0 radical (unpaired) electrons. The number of hydrogen-bond donors (Lipinski definition) is 2. The van der Waals surface area contributed by atoms with Gasteiger partial charge < -0.3 is 10.2 Å². The fourth-order valence-electron chi connectivity index (χ4n) is 2.57. The second kappa shape index (κ2) is 6.14. The molecule has 0 bridgehead atoms. The molecule has 4 nitrogen and oxygen atoms in total. The quantitative estimate of drug-likeness (QED) is 0.653. The van der Waals surface area contributed by atoms with Crippen LogP contribution in [0.3, 0.4) is 0 Å². The van der Waals surface area contributed by atoms with Crippen LogP contribution in [0.2, 0.25) is 0 Å². The minimum atomic E-state index is -0.831. The van der Waals surface area contributed by atoms with Crippen LogP contribution < -0.4 is 16.0 Å². The number of nitrogens with two attached hydrogens (primary N) is 1. The number of aromatic nitrogens is 1. The second-order valence-corrected chi connectivity index (χ2v) is 4.86. The van der Waals surface area contributed by atoms with Crippen molar-refractivity contribution in [2.45, 2.75) is 45.1 Å². The van der Waals surface area contributed by atoms with E-state index < -0.39 is 11.6 Å². The SMILES string of the molecule is CCC1CCCCC1Oc1nc(NN)c(F)cc1F. The third-order valence-electron chi connectivity index (χ3n) is 3.66. The van der Waals surface area contributed by atoms with Crippen molar-refractivity contribution in [1.82, 2.24) is 4.98 Å². The van der Waals surface area contributed by atoms with Crippen LogP contribution >= 0.6 is 0 Å². The molecule has 0 amide bonds. The Labute approximate surface area is 111 Å². The number of rotatable bonds is 4. The topological polar surface area (TPSA) is 60.2 Å². The van der Waals surface area contributed by atoms with E-state index in [0.29, 0.717) is 5.92 Å². The number of ether oxygens (including phenoxy) is 1. The average Bonchev–Trinajstić information content (AvgIpc) is 2.42. The van der Waals surface area contributed by atoms with Gasteiger partial charge in [-0.1, -0.05) is 13.3 Å². The molecule has 1 aromatic rings. The molecule has 0 saturated heterocycles. The number of anilines is 1. The van der Waals surface area contributed by atoms with Crippen molar-refractivity contribution >= 4 is 5.82 Å². The van der Waals surface area contributed by atoms with Gasteiger partial charge in [-0.25, -0.2) is 14.6 Å². The molecular weight excluding hydrogens is 252 g/mol. The van der Waals surface area contributed by atoms with E-state index in [-0.39, 0.29) is 17.8 Å². The maximum absolute atomic E-state index is 13.7. The normalized spacial score (nSPS) is 23.2. The molecule has 19 heavy (non-hydrogen) atoms. The summed E-state index contributed by atoms with van der Waals surface area (Å²) in [4.78, 5) is 3.74. The van der Waals surface area contributed by atoms with Gasteiger partial charge >= 0.3 is 0 Å². The standard InChI is InChI=1S/C13H19F2N3O/c1-2-8-5-3-4-6-11(8)19-13-10(15)7-9(14)12(17-13)18-16/h7-8,11H,2-6,16H2,1H3,(H,17,18). The van der Waals surface area contributed by atoms with Gasteiger partial charge in [0.2, 0.25) is 0 Å². The Morgan fingerprint density at radius 3 is 2.79 bits per heavy atom. The first-order valence-electron chi connectivity index (χ1n) is 6.65. The molecule has 1 aliphatic carbocycles. The smallest absolute Gasteiger partial charge is 0.252 e. The highest BCUT2D eigenvalue weighted by molar-refractivity contribution is 5.38. The van der Waals surface area contributed by atoms with Gasteiger partial charge in [-0.15, -0.1) is 0 Å². The molecule has 1 saturated carbocycles. The van der Waals surface area contributed by atoms with Gasteiger partial charge in [0, 0.05) is 6.07 Å². The Hall–Kier alpha value is -1.43. The van der Waals surface area contributed by atoms with Crippen LogP contribution in [-0.4, -0.2) is 11.1 Å². The van der Waals surface area contributed by atoms with Gasteiger partial charge in [0.15, 0.2) is 17.5 Å². The van der Waals surface area contributed by atoms with Gasteiger partial charge in [-0.3, -0.25) is 0 Å². The third-order valence-corrected chi connectivity index (χ3v) is 3.66. The van der Waals surface area contributed by atoms with E-state index in [4.69, 9.17) is 10.6 Å². The minimum absolute atomic E-state index is 0.0585. The predicted molar refractivity (Wildman–Crippen MR) is 68.6 cm³/mol. The van der Waals surface area contributed by atoms with Crippen LogP contribution in [0.4, 0.5) is 14.6 Å². The summed E-state index contributed by atoms with van der Waals surface area (Å²) in [5.74, 6) is 3.51. The summed E-state index contributed by atoms with van der Waals surface area (Å²) in [6.45, 7) is 2.09. The molecule has 2 rings (SSSR count). The Bertz CT molecular complexity index is 442. The Balaban J connectivity index is 2.17. The Kier molecular flexibility index (Phi) is 4.52. The molecule has 3 N–H and O–H groups in total. The molecular formula is C13H19F2N3O. The molecule has 6 heteroatoms. The third kappa shape index (κ3) is 3.12. The molecule has 2 unspecified atom stereocenters. The highest BCUT2D eigenvalue weighted by Gasteiger charge is 2.27. The number of hydrazine groups is 1. The van der Waals surface area contributed by atoms with Gasteiger partial charge in [0.1, 0.15) is 6.10 Å². The van der Waals surface area contributed by atoms with E-state index in [1.807, 2.05) is 0 Å². The molecule has 1 aliphatic rings. The van der Waals surface area contributed by atoms with Crippen LogP contribution in [-0.2, 0) is 0 Å². The lowest BCUT2D eigenvalue weighted by Gasteiger charge is -2.30.